The van der Waals surface area contributed by atoms with Crippen molar-refractivity contribution < 1.29 is 26.3 Å². The molecule has 0 bridgehead atoms. The predicted molar refractivity (Wildman–Crippen MR) is 57.9 cm³/mol. The van der Waals surface area contributed by atoms with Gasteiger partial charge in [0.15, 0.2) is 0 Å². The van der Waals surface area contributed by atoms with Crippen LogP contribution in [0, 0.1) is 5.92 Å². The summed E-state index contributed by atoms with van der Waals surface area (Å²) in [6, 6.07) is 0. The van der Waals surface area contributed by atoms with Crippen molar-refractivity contribution in [3.8, 4) is 0 Å². The summed E-state index contributed by atoms with van der Waals surface area (Å²) in [5.74, 6) is -0.938. The molecule has 0 radical (unpaired) electrons. The Morgan fingerprint density at radius 1 is 1.00 bits per heavy atom. The Morgan fingerprint density at radius 3 is 1.67 bits per heavy atom. The second kappa shape index (κ2) is 5.63. The fourth-order valence-corrected chi connectivity index (χ4v) is 1.48. The molecule has 0 saturated carbocycles. The highest BCUT2D eigenvalue weighted by molar-refractivity contribution is 5.44. The number of alkyl halides is 6. The van der Waals surface area contributed by atoms with Crippen molar-refractivity contribution in [2.45, 2.75) is 33.1 Å². The second-order valence-corrected chi connectivity index (χ2v) is 3.96. The Balaban J connectivity index is 6.04. The summed E-state index contributed by atoms with van der Waals surface area (Å²) in [5, 5.41) is 0. The normalized spacial score (nSPS) is 15.2. The van der Waals surface area contributed by atoms with Crippen molar-refractivity contribution in [1.29, 1.82) is 0 Å². The molecule has 0 unspecified atom stereocenters. The van der Waals surface area contributed by atoms with Crippen molar-refractivity contribution in [3.63, 3.8) is 0 Å². The van der Waals surface area contributed by atoms with Crippen molar-refractivity contribution in [2.24, 2.45) is 5.92 Å². The molecule has 0 aliphatic heterocycles. The molecule has 0 rings (SSSR count). The number of allylic oxidation sites excluding steroid dienone is 5. The van der Waals surface area contributed by atoms with Gasteiger partial charge in [-0.15, -0.1) is 0 Å². The highest BCUT2D eigenvalue weighted by Crippen LogP contribution is 2.40. The number of hydrogen-bond donors (Lipinski definition) is 0. The van der Waals surface area contributed by atoms with Gasteiger partial charge >= 0.3 is 12.4 Å². The molecule has 0 heterocycles. The van der Waals surface area contributed by atoms with E-state index in [2.05, 4.69) is 6.58 Å². The van der Waals surface area contributed by atoms with Crippen LogP contribution in [0.1, 0.15) is 20.8 Å². The third-order valence-corrected chi connectivity index (χ3v) is 2.17. The van der Waals surface area contributed by atoms with E-state index < -0.39 is 35.0 Å². The van der Waals surface area contributed by atoms with Crippen molar-refractivity contribution >= 4 is 0 Å². The fourth-order valence-electron chi connectivity index (χ4n) is 1.48. The molecule has 0 nitrogen and oxygen atoms in total. The SMILES string of the molecule is C=C(/C(=C(\C=C/C)C(F)(F)F)C(C)C)C(F)(F)F. The van der Waals surface area contributed by atoms with E-state index in [1.165, 1.54) is 20.8 Å². The quantitative estimate of drug-likeness (QED) is 0.489. The summed E-state index contributed by atoms with van der Waals surface area (Å²) in [7, 11) is 0. The summed E-state index contributed by atoms with van der Waals surface area (Å²) in [6.45, 7) is 6.58. The third kappa shape index (κ3) is 4.23. The van der Waals surface area contributed by atoms with Crippen LogP contribution in [0.4, 0.5) is 26.3 Å². The van der Waals surface area contributed by atoms with Gasteiger partial charge in [-0.25, -0.2) is 0 Å². The number of rotatable bonds is 3. The van der Waals surface area contributed by atoms with Crippen LogP contribution in [-0.2, 0) is 0 Å². The maximum Gasteiger partial charge on any atom is 0.416 e. The zero-order valence-electron chi connectivity index (χ0n) is 10.2. The lowest BCUT2D eigenvalue weighted by Crippen LogP contribution is -2.22. The average Bonchev–Trinajstić information content (AvgIpc) is 2.13. The molecule has 0 aromatic rings. The smallest absolute Gasteiger partial charge is 0.166 e. The van der Waals surface area contributed by atoms with E-state index in [1.807, 2.05) is 0 Å². The third-order valence-electron chi connectivity index (χ3n) is 2.17. The molecule has 104 valence electrons. The lowest BCUT2D eigenvalue weighted by atomic mass is 9.90. The molecule has 18 heavy (non-hydrogen) atoms. The molecule has 0 aromatic carbocycles. The van der Waals surface area contributed by atoms with Gasteiger partial charge in [-0.2, -0.15) is 26.3 Å². The first-order valence-corrected chi connectivity index (χ1v) is 5.13. The summed E-state index contributed by atoms with van der Waals surface area (Å²) in [6.07, 6.45) is -8.04. The van der Waals surface area contributed by atoms with Crippen molar-refractivity contribution in [3.05, 3.63) is 35.5 Å². The van der Waals surface area contributed by atoms with E-state index in [9.17, 15) is 26.3 Å². The Kier molecular flexibility index (Phi) is 5.25. The largest absolute Gasteiger partial charge is 0.416 e. The molecule has 0 N–H and O–H groups in total. The fraction of sp³-hybridized carbons (Fsp3) is 0.500. The van der Waals surface area contributed by atoms with Gasteiger partial charge in [-0.05, 0) is 18.4 Å². The maximum atomic E-state index is 12.7. The van der Waals surface area contributed by atoms with Crippen LogP contribution in [0.3, 0.4) is 0 Å². The van der Waals surface area contributed by atoms with Gasteiger partial charge in [-0.3, -0.25) is 0 Å². The molecule has 0 amide bonds. The van der Waals surface area contributed by atoms with Crippen LogP contribution in [0.2, 0.25) is 0 Å². The number of hydrogen-bond acceptors (Lipinski definition) is 0. The highest BCUT2D eigenvalue weighted by Gasteiger charge is 2.41. The van der Waals surface area contributed by atoms with Gasteiger partial charge < -0.3 is 0 Å². The molecule has 0 spiro atoms. The minimum Gasteiger partial charge on any atom is -0.166 e. The Labute approximate surface area is 102 Å². The lowest BCUT2D eigenvalue weighted by molar-refractivity contribution is -0.0958. The first-order valence-electron chi connectivity index (χ1n) is 5.13. The predicted octanol–water partition coefficient (Wildman–Crippen LogP) is 5.20. The van der Waals surface area contributed by atoms with Gasteiger partial charge in [-0.1, -0.05) is 32.6 Å². The van der Waals surface area contributed by atoms with Crippen molar-refractivity contribution in [2.75, 3.05) is 0 Å². The summed E-state index contributed by atoms with van der Waals surface area (Å²) >= 11 is 0. The Bertz CT molecular complexity index is 365. The maximum absolute atomic E-state index is 12.7. The van der Waals surface area contributed by atoms with Crippen LogP contribution in [-0.4, -0.2) is 12.4 Å². The minimum atomic E-state index is -4.88. The van der Waals surface area contributed by atoms with Gasteiger partial charge in [0.25, 0.3) is 0 Å². The molecule has 0 atom stereocenters. The van der Waals surface area contributed by atoms with E-state index in [4.69, 9.17) is 0 Å². The zero-order valence-corrected chi connectivity index (χ0v) is 10.2. The van der Waals surface area contributed by atoms with Crippen LogP contribution in [0.25, 0.3) is 0 Å². The van der Waals surface area contributed by atoms with Crippen molar-refractivity contribution in [1.82, 2.24) is 0 Å². The second-order valence-electron chi connectivity index (χ2n) is 3.96. The van der Waals surface area contributed by atoms with E-state index in [0.717, 1.165) is 6.08 Å². The first kappa shape index (κ1) is 16.8. The van der Waals surface area contributed by atoms with Crippen LogP contribution < -0.4 is 0 Å². The molecule has 6 heteroatoms. The molecule has 0 aliphatic rings. The zero-order chi connectivity index (χ0) is 14.7. The highest BCUT2D eigenvalue weighted by atomic mass is 19.4. The molecule has 0 aromatic heterocycles. The van der Waals surface area contributed by atoms with E-state index in [0.29, 0.717) is 6.08 Å². The van der Waals surface area contributed by atoms with Gasteiger partial charge in [0.2, 0.25) is 0 Å². The van der Waals surface area contributed by atoms with Crippen LogP contribution >= 0.6 is 0 Å². The van der Waals surface area contributed by atoms with Gasteiger partial charge in [0.1, 0.15) is 0 Å². The summed E-state index contributed by atoms with van der Waals surface area (Å²) in [5.41, 5.74) is -3.58. The van der Waals surface area contributed by atoms with Gasteiger partial charge in [0.05, 0.1) is 11.1 Å². The van der Waals surface area contributed by atoms with E-state index in [1.54, 1.807) is 0 Å². The molecule has 0 aliphatic carbocycles. The topological polar surface area (TPSA) is 0 Å². The summed E-state index contributed by atoms with van der Waals surface area (Å²) in [4.78, 5) is 0. The van der Waals surface area contributed by atoms with Gasteiger partial charge in [0, 0.05) is 0 Å². The molecule has 0 fully saturated rings. The Hall–Kier alpha value is -1.20. The van der Waals surface area contributed by atoms with Crippen LogP contribution in [0.5, 0.6) is 0 Å². The first-order chi connectivity index (χ1) is 7.92. The van der Waals surface area contributed by atoms with E-state index >= 15 is 0 Å². The van der Waals surface area contributed by atoms with Crippen LogP contribution in [0.15, 0.2) is 35.5 Å². The summed E-state index contributed by atoms with van der Waals surface area (Å²) < 4.78 is 75.8. The molecule has 0 saturated heterocycles. The number of halogens is 6. The molecular weight excluding hydrogens is 258 g/mol. The lowest BCUT2D eigenvalue weighted by Gasteiger charge is -2.22. The minimum absolute atomic E-state index is 0.631. The standard InChI is InChI=1S/C12H14F6/c1-5-6-9(12(16,17)18)10(7(2)3)8(4)11(13,14)15/h5-7H,4H2,1-3H3/b6-5-,10-9+. The molecular formula is C12H14F6. The average molecular weight is 272 g/mol. The Morgan fingerprint density at radius 2 is 1.44 bits per heavy atom. The monoisotopic (exact) mass is 272 g/mol. The van der Waals surface area contributed by atoms with E-state index in [-0.39, 0.29) is 0 Å².